The molecule has 0 aliphatic heterocycles. The van der Waals surface area contributed by atoms with Crippen LogP contribution in [-0.4, -0.2) is 33.2 Å². The van der Waals surface area contributed by atoms with Crippen LogP contribution >= 0.6 is 11.3 Å². The second-order valence-corrected chi connectivity index (χ2v) is 10.5. The molecular formula is C29H26FN5O2S. The Balaban J connectivity index is 1.52. The van der Waals surface area contributed by atoms with E-state index in [4.69, 9.17) is 4.98 Å². The van der Waals surface area contributed by atoms with E-state index in [1.807, 2.05) is 57.3 Å². The average Bonchev–Trinajstić information content (AvgIpc) is 3.47. The first-order valence-corrected chi connectivity index (χ1v) is 12.8. The Hall–Kier alpha value is -4.37. The third-order valence-corrected chi connectivity index (χ3v) is 7.40. The fourth-order valence-corrected chi connectivity index (χ4v) is 5.36. The molecule has 0 saturated carbocycles. The summed E-state index contributed by atoms with van der Waals surface area (Å²) in [5.41, 5.74) is 3.95. The highest BCUT2D eigenvalue weighted by molar-refractivity contribution is 7.20. The third-order valence-electron chi connectivity index (χ3n) is 6.38. The lowest BCUT2D eigenvalue weighted by Crippen LogP contribution is -2.41. The molecule has 5 rings (SSSR count). The van der Waals surface area contributed by atoms with Crippen molar-refractivity contribution in [2.75, 3.05) is 7.05 Å². The van der Waals surface area contributed by atoms with E-state index >= 15 is 0 Å². The number of amides is 2. The van der Waals surface area contributed by atoms with Crippen LogP contribution in [0.1, 0.15) is 46.0 Å². The molecule has 0 aliphatic carbocycles. The number of aryl methyl sites for hydroxylation is 1. The minimum Gasteiger partial charge on any atom is -0.354 e. The Bertz CT molecular complexity index is 1660. The zero-order valence-corrected chi connectivity index (χ0v) is 22.2. The number of rotatable bonds is 6. The van der Waals surface area contributed by atoms with Crippen molar-refractivity contribution in [2.24, 2.45) is 0 Å². The summed E-state index contributed by atoms with van der Waals surface area (Å²) in [5.74, 6) is -0.878. The fourth-order valence-electron chi connectivity index (χ4n) is 4.30. The van der Waals surface area contributed by atoms with Gasteiger partial charge in [0.15, 0.2) is 4.96 Å². The van der Waals surface area contributed by atoms with Crippen LogP contribution < -0.4 is 10.6 Å². The summed E-state index contributed by atoms with van der Waals surface area (Å²) in [7, 11) is 1.56. The number of nitrogens with one attached hydrogen (secondary N) is 2. The molecule has 2 aromatic carbocycles. The zero-order chi connectivity index (χ0) is 27.0. The molecule has 2 N–H and O–H groups in total. The summed E-state index contributed by atoms with van der Waals surface area (Å²) in [5, 5.41) is 5.75. The number of fused-ring (bicyclic) bond motifs is 1. The van der Waals surface area contributed by atoms with Crippen LogP contribution in [0.3, 0.4) is 0 Å². The van der Waals surface area contributed by atoms with Gasteiger partial charge in [-0.3, -0.25) is 19.0 Å². The van der Waals surface area contributed by atoms with Crippen LogP contribution in [0.5, 0.6) is 0 Å². The monoisotopic (exact) mass is 527 g/mol. The van der Waals surface area contributed by atoms with Crippen molar-refractivity contribution in [1.29, 1.82) is 0 Å². The van der Waals surface area contributed by atoms with Gasteiger partial charge in [-0.05, 0) is 80.4 Å². The number of thiazole rings is 1. The van der Waals surface area contributed by atoms with Crippen LogP contribution in [-0.2, 0) is 5.54 Å². The summed E-state index contributed by atoms with van der Waals surface area (Å²) in [6, 6.07) is 17.1. The number of imidazole rings is 1. The number of carbonyl (C=O) groups excluding carboxylic acids is 2. The van der Waals surface area contributed by atoms with Crippen LogP contribution in [0.4, 0.5) is 4.39 Å². The number of carbonyl (C=O) groups is 2. The van der Waals surface area contributed by atoms with E-state index in [1.165, 1.54) is 23.5 Å². The predicted octanol–water partition coefficient (Wildman–Crippen LogP) is 5.60. The predicted molar refractivity (Wildman–Crippen MR) is 147 cm³/mol. The van der Waals surface area contributed by atoms with Crippen molar-refractivity contribution < 1.29 is 14.0 Å². The van der Waals surface area contributed by atoms with E-state index in [-0.39, 0.29) is 17.6 Å². The molecule has 192 valence electrons. The quantitative estimate of drug-likeness (QED) is 0.301. The van der Waals surface area contributed by atoms with E-state index in [0.717, 1.165) is 21.7 Å². The highest BCUT2D eigenvalue weighted by Crippen LogP contribution is 2.35. The standard InChI is InChI=1S/C29H26FN5O2S/c1-17-8-9-19(26(36)34-29(2,3)23-7-5-6-14-32-23)15-21(17)22-16-35-25(27(37)31-4)24(33-28(35)38-22)18-10-12-20(30)13-11-18/h5-16H,1-4H3,(H,31,37)(H,34,36). The van der Waals surface area contributed by atoms with Crippen LogP contribution in [0, 0.1) is 12.7 Å². The molecule has 0 atom stereocenters. The molecular weight excluding hydrogens is 501 g/mol. The van der Waals surface area contributed by atoms with E-state index in [0.29, 0.717) is 27.5 Å². The van der Waals surface area contributed by atoms with Crippen LogP contribution in [0.15, 0.2) is 73.1 Å². The molecule has 7 nitrogen and oxygen atoms in total. The van der Waals surface area contributed by atoms with E-state index in [1.54, 1.807) is 35.8 Å². The summed E-state index contributed by atoms with van der Waals surface area (Å²) < 4.78 is 15.2. The largest absolute Gasteiger partial charge is 0.354 e. The smallest absolute Gasteiger partial charge is 0.270 e. The first kappa shape index (κ1) is 25.3. The molecule has 0 fully saturated rings. The van der Waals surface area contributed by atoms with Gasteiger partial charge < -0.3 is 10.6 Å². The Morgan fingerprint density at radius 3 is 2.47 bits per heavy atom. The Labute approximate surface area is 223 Å². The first-order valence-electron chi connectivity index (χ1n) is 12.0. The van der Waals surface area contributed by atoms with Crippen molar-refractivity contribution in [1.82, 2.24) is 25.0 Å². The number of benzene rings is 2. The molecule has 0 saturated heterocycles. The van der Waals surface area contributed by atoms with E-state index in [2.05, 4.69) is 15.6 Å². The van der Waals surface area contributed by atoms with Crippen molar-refractivity contribution in [2.45, 2.75) is 26.3 Å². The zero-order valence-electron chi connectivity index (χ0n) is 21.4. The summed E-state index contributed by atoms with van der Waals surface area (Å²) in [4.78, 5) is 36.6. The van der Waals surface area contributed by atoms with Crippen molar-refractivity contribution >= 4 is 28.1 Å². The third kappa shape index (κ3) is 4.68. The van der Waals surface area contributed by atoms with Crippen molar-refractivity contribution in [3.05, 3.63) is 101 Å². The van der Waals surface area contributed by atoms with Crippen LogP contribution in [0.25, 0.3) is 26.7 Å². The summed E-state index contributed by atoms with van der Waals surface area (Å²) >= 11 is 1.41. The normalized spacial score (nSPS) is 11.5. The molecule has 3 heterocycles. The maximum atomic E-state index is 13.5. The Morgan fingerprint density at radius 1 is 1.03 bits per heavy atom. The molecule has 0 bridgehead atoms. The van der Waals surface area contributed by atoms with E-state index in [9.17, 15) is 14.0 Å². The van der Waals surface area contributed by atoms with Gasteiger partial charge in [0.1, 0.15) is 17.2 Å². The highest BCUT2D eigenvalue weighted by atomic mass is 32.1. The molecule has 0 radical (unpaired) electrons. The average molecular weight is 528 g/mol. The van der Waals surface area contributed by atoms with Gasteiger partial charge in [-0.15, -0.1) is 0 Å². The van der Waals surface area contributed by atoms with E-state index < -0.39 is 5.54 Å². The van der Waals surface area contributed by atoms with Gasteiger partial charge in [0.05, 0.1) is 16.1 Å². The lowest BCUT2D eigenvalue weighted by molar-refractivity contribution is 0.0909. The second-order valence-electron chi connectivity index (χ2n) is 9.47. The number of pyridine rings is 1. The SMILES string of the molecule is CNC(=O)c1c(-c2ccc(F)cc2)nc2sc(-c3cc(C(=O)NC(C)(C)c4ccccn4)ccc3C)cn12. The van der Waals surface area contributed by atoms with Gasteiger partial charge in [0.25, 0.3) is 11.8 Å². The van der Waals surface area contributed by atoms with Crippen LogP contribution in [0.2, 0.25) is 0 Å². The van der Waals surface area contributed by atoms with Gasteiger partial charge >= 0.3 is 0 Å². The maximum Gasteiger partial charge on any atom is 0.270 e. The number of halogens is 1. The fraction of sp³-hybridized carbons (Fsp3) is 0.172. The van der Waals surface area contributed by atoms with Gasteiger partial charge in [-0.25, -0.2) is 9.37 Å². The number of hydrogen-bond acceptors (Lipinski definition) is 5. The van der Waals surface area contributed by atoms with Crippen molar-refractivity contribution in [3.8, 4) is 21.7 Å². The molecule has 9 heteroatoms. The number of aromatic nitrogens is 3. The highest BCUT2D eigenvalue weighted by Gasteiger charge is 2.26. The molecule has 0 unspecified atom stereocenters. The number of hydrogen-bond donors (Lipinski definition) is 2. The van der Waals surface area contributed by atoms with Gasteiger partial charge in [-0.1, -0.05) is 23.5 Å². The molecule has 5 aromatic rings. The Kier molecular flexibility index (Phi) is 6.54. The molecule has 38 heavy (non-hydrogen) atoms. The van der Waals surface area contributed by atoms with Gasteiger partial charge in [0.2, 0.25) is 0 Å². The minimum absolute atomic E-state index is 0.215. The molecule has 3 aromatic heterocycles. The maximum absolute atomic E-state index is 13.5. The summed E-state index contributed by atoms with van der Waals surface area (Å²) in [6.07, 6.45) is 3.56. The summed E-state index contributed by atoms with van der Waals surface area (Å²) in [6.45, 7) is 5.80. The lowest BCUT2D eigenvalue weighted by atomic mass is 9.98. The van der Waals surface area contributed by atoms with Gasteiger partial charge in [0, 0.05) is 30.6 Å². The lowest BCUT2D eigenvalue weighted by Gasteiger charge is -2.25. The minimum atomic E-state index is -0.661. The first-order chi connectivity index (χ1) is 18.2. The Morgan fingerprint density at radius 2 is 1.79 bits per heavy atom. The molecule has 2 amide bonds. The molecule has 0 aliphatic rings. The second kappa shape index (κ2) is 9.83. The number of nitrogens with zero attached hydrogens (tertiary/aromatic N) is 3. The molecule has 0 spiro atoms. The van der Waals surface area contributed by atoms with Crippen molar-refractivity contribution in [3.63, 3.8) is 0 Å². The topological polar surface area (TPSA) is 88.4 Å². The van der Waals surface area contributed by atoms with Gasteiger partial charge in [-0.2, -0.15) is 0 Å².